The van der Waals surface area contributed by atoms with Crippen LogP contribution in [0.25, 0.3) is 0 Å². The molecule has 0 spiro atoms. The number of aliphatic hydroxyl groups excluding tert-OH is 1. The Kier molecular flexibility index (Phi) is 4.94. The monoisotopic (exact) mass is 285 g/mol. The summed E-state index contributed by atoms with van der Waals surface area (Å²) in [5.41, 5.74) is 2.37. The Morgan fingerprint density at radius 2 is 2.25 bits per heavy atom. The number of amides is 1. The maximum absolute atomic E-state index is 12.0. The van der Waals surface area contributed by atoms with E-state index in [1.165, 1.54) is 0 Å². The van der Waals surface area contributed by atoms with E-state index >= 15 is 0 Å². The Labute approximate surface area is 122 Å². The van der Waals surface area contributed by atoms with E-state index in [1.807, 2.05) is 30.5 Å². The minimum absolute atomic E-state index is 0.0943. The summed E-state index contributed by atoms with van der Waals surface area (Å²) in [7, 11) is 0. The quantitative estimate of drug-likeness (QED) is 0.850. The average Bonchev–Trinajstić information content (AvgIpc) is 2.96. The number of carbonyl (C=O) groups is 1. The molecule has 0 aliphatic rings. The lowest BCUT2D eigenvalue weighted by atomic mass is 10.0. The molecule has 0 fully saturated rings. The second kappa shape index (κ2) is 6.90. The van der Waals surface area contributed by atoms with Gasteiger partial charge in [0.25, 0.3) is 5.91 Å². The minimum Gasteiger partial charge on any atom is -0.384 e. The van der Waals surface area contributed by atoms with Crippen molar-refractivity contribution >= 4 is 17.2 Å². The first-order valence-corrected chi connectivity index (χ1v) is 7.09. The molecule has 0 bridgehead atoms. The van der Waals surface area contributed by atoms with Crippen LogP contribution in [-0.2, 0) is 6.54 Å². The Balaban J connectivity index is 2.05. The smallest absolute Gasteiger partial charge is 0.251 e. The summed E-state index contributed by atoms with van der Waals surface area (Å²) >= 11 is 1.62. The third-order valence-electron chi connectivity index (χ3n) is 2.79. The molecule has 3 nitrogen and oxygen atoms in total. The second-order valence-corrected chi connectivity index (χ2v) is 5.28. The SMILES string of the molecule is Cc1cc(C(=O)NCc2cccs2)ccc1C#CCO. The van der Waals surface area contributed by atoms with E-state index in [2.05, 4.69) is 17.2 Å². The third-order valence-corrected chi connectivity index (χ3v) is 3.67. The summed E-state index contributed by atoms with van der Waals surface area (Å²) in [5, 5.41) is 13.6. The summed E-state index contributed by atoms with van der Waals surface area (Å²) in [6.07, 6.45) is 0. The van der Waals surface area contributed by atoms with Crippen molar-refractivity contribution in [1.82, 2.24) is 5.32 Å². The second-order valence-electron chi connectivity index (χ2n) is 4.25. The van der Waals surface area contributed by atoms with Crippen molar-refractivity contribution < 1.29 is 9.90 Å². The van der Waals surface area contributed by atoms with Gasteiger partial charge in [0.2, 0.25) is 0 Å². The number of benzene rings is 1. The fourth-order valence-electron chi connectivity index (χ4n) is 1.76. The van der Waals surface area contributed by atoms with Crippen LogP contribution in [0.1, 0.15) is 26.4 Å². The highest BCUT2D eigenvalue weighted by atomic mass is 32.1. The van der Waals surface area contributed by atoms with Gasteiger partial charge in [-0.1, -0.05) is 17.9 Å². The molecule has 20 heavy (non-hydrogen) atoms. The molecular weight excluding hydrogens is 270 g/mol. The summed E-state index contributed by atoms with van der Waals surface area (Å²) in [4.78, 5) is 13.2. The average molecular weight is 285 g/mol. The number of hydrogen-bond acceptors (Lipinski definition) is 3. The molecule has 102 valence electrons. The molecule has 0 unspecified atom stereocenters. The highest BCUT2D eigenvalue weighted by Crippen LogP contribution is 2.11. The molecule has 1 aromatic heterocycles. The van der Waals surface area contributed by atoms with Crippen molar-refractivity contribution in [1.29, 1.82) is 0 Å². The number of nitrogens with one attached hydrogen (secondary N) is 1. The first-order valence-electron chi connectivity index (χ1n) is 6.21. The molecule has 0 radical (unpaired) electrons. The van der Waals surface area contributed by atoms with Crippen LogP contribution >= 0.6 is 11.3 Å². The van der Waals surface area contributed by atoms with E-state index in [-0.39, 0.29) is 12.5 Å². The van der Waals surface area contributed by atoms with Crippen LogP contribution in [0.3, 0.4) is 0 Å². The molecule has 0 aliphatic carbocycles. The third kappa shape index (κ3) is 3.70. The summed E-state index contributed by atoms with van der Waals surface area (Å²) in [5.74, 6) is 5.36. The van der Waals surface area contributed by atoms with E-state index in [4.69, 9.17) is 5.11 Å². The maximum atomic E-state index is 12.0. The Morgan fingerprint density at radius 1 is 1.40 bits per heavy atom. The minimum atomic E-state index is -0.164. The van der Waals surface area contributed by atoms with Crippen molar-refractivity contribution in [3.63, 3.8) is 0 Å². The molecule has 1 heterocycles. The van der Waals surface area contributed by atoms with Gasteiger partial charge in [0, 0.05) is 16.0 Å². The van der Waals surface area contributed by atoms with Crippen LogP contribution in [0.15, 0.2) is 35.7 Å². The summed E-state index contributed by atoms with van der Waals surface area (Å²) in [6, 6.07) is 9.32. The van der Waals surface area contributed by atoms with E-state index in [0.717, 1.165) is 16.0 Å². The number of thiophene rings is 1. The summed E-state index contributed by atoms with van der Waals surface area (Å²) in [6.45, 7) is 2.28. The van der Waals surface area contributed by atoms with Crippen molar-refractivity contribution in [3.8, 4) is 11.8 Å². The highest BCUT2D eigenvalue weighted by Gasteiger charge is 2.07. The van der Waals surface area contributed by atoms with Crippen molar-refractivity contribution in [2.45, 2.75) is 13.5 Å². The van der Waals surface area contributed by atoms with Crippen molar-refractivity contribution in [3.05, 3.63) is 57.3 Å². The van der Waals surface area contributed by atoms with Gasteiger partial charge in [-0.15, -0.1) is 11.3 Å². The predicted molar refractivity (Wildman–Crippen MR) is 80.6 cm³/mol. The molecule has 0 saturated carbocycles. The highest BCUT2D eigenvalue weighted by molar-refractivity contribution is 7.09. The van der Waals surface area contributed by atoms with E-state index < -0.39 is 0 Å². The van der Waals surface area contributed by atoms with E-state index in [9.17, 15) is 4.79 Å². The lowest BCUT2D eigenvalue weighted by Crippen LogP contribution is -2.22. The molecular formula is C16H15NO2S. The van der Waals surface area contributed by atoms with Crippen LogP contribution in [0.5, 0.6) is 0 Å². The topological polar surface area (TPSA) is 49.3 Å². The lowest BCUT2D eigenvalue weighted by molar-refractivity contribution is 0.0951. The fraction of sp³-hybridized carbons (Fsp3) is 0.188. The fourth-order valence-corrected chi connectivity index (χ4v) is 2.41. The van der Waals surface area contributed by atoms with Crippen LogP contribution in [0, 0.1) is 18.8 Å². The molecule has 0 saturated heterocycles. The van der Waals surface area contributed by atoms with Crippen LogP contribution in [-0.4, -0.2) is 17.6 Å². The molecule has 1 aromatic carbocycles. The predicted octanol–water partition coefficient (Wildman–Crippen LogP) is 2.33. The van der Waals surface area contributed by atoms with Gasteiger partial charge < -0.3 is 10.4 Å². The standard InChI is InChI=1S/C16H15NO2S/c1-12-10-14(7-6-13(12)4-2-8-18)16(19)17-11-15-5-3-9-20-15/h3,5-7,9-10,18H,8,11H2,1H3,(H,17,19). The number of rotatable bonds is 3. The van der Waals surface area contributed by atoms with Crippen LogP contribution in [0.4, 0.5) is 0 Å². The Morgan fingerprint density at radius 3 is 2.90 bits per heavy atom. The van der Waals surface area contributed by atoms with Gasteiger partial charge >= 0.3 is 0 Å². The number of carbonyl (C=O) groups excluding carboxylic acids is 1. The van der Waals surface area contributed by atoms with Gasteiger partial charge in [-0.2, -0.15) is 0 Å². The number of aryl methyl sites for hydroxylation is 1. The largest absolute Gasteiger partial charge is 0.384 e. The zero-order valence-electron chi connectivity index (χ0n) is 11.1. The molecule has 1 amide bonds. The van der Waals surface area contributed by atoms with Crippen molar-refractivity contribution in [2.75, 3.05) is 6.61 Å². The molecule has 2 aromatic rings. The Hall–Kier alpha value is -2.09. The van der Waals surface area contributed by atoms with Gasteiger partial charge in [0.1, 0.15) is 6.61 Å². The zero-order valence-corrected chi connectivity index (χ0v) is 12.0. The number of hydrogen-bond donors (Lipinski definition) is 2. The summed E-state index contributed by atoms with van der Waals surface area (Å²) < 4.78 is 0. The van der Waals surface area contributed by atoms with Gasteiger partial charge in [-0.05, 0) is 42.1 Å². The maximum Gasteiger partial charge on any atom is 0.251 e. The first-order chi connectivity index (χ1) is 9.70. The normalized spacial score (nSPS) is 9.70. The molecule has 2 N–H and O–H groups in total. The van der Waals surface area contributed by atoms with Crippen molar-refractivity contribution in [2.24, 2.45) is 0 Å². The molecule has 4 heteroatoms. The zero-order chi connectivity index (χ0) is 14.4. The van der Waals surface area contributed by atoms with E-state index in [0.29, 0.717) is 12.1 Å². The first kappa shape index (κ1) is 14.3. The molecule has 0 aliphatic heterocycles. The van der Waals surface area contributed by atoms with Crippen LogP contribution < -0.4 is 5.32 Å². The van der Waals surface area contributed by atoms with Gasteiger partial charge in [-0.3, -0.25) is 4.79 Å². The van der Waals surface area contributed by atoms with Gasteiger partial charge in [0.15, 0.2) is 0 Å². The molecule has 0 atom stereocenters. The van der Waals surface area contributed by atoms with E-state index in [1.54, 1.807) is 23.5 Å². The van der Waals surface area contributed by atoms with Gasteiger partial charge in [0.05, 0.1) is 6.54 Å². The molecule has 2 rings (SSSR count). The Bertz CT molecular complexity index is 651. The van der Waals surface area contributed by atoms with Crippen LogP contribution in [0.2, 0.25) is 0 Å². The van der Waals surface area contributed by atoms with Gasteiger partial charge in [-0.25, -0.2) is 0 Å². The lowest BCUT2D eigenvalue weighted by Gasteiger charge is -2.06. The number of aliphatic hydroxyl groups is 1.